The summed E-state index contributed by atoms with van der Waals surface area (Å²) < 4.78 is 12.0. The third-order valence-electron chi connectivity index (χ3n) is 6.27. The SMILES string of the molecule is CCOc1ccc(C(=O)N2CCN(c3cccc(Cl)c3)CC2)cc1COc1ccccc1C(C)C. The summed E-state index contributed by atoms with van der Waals surface area (Å²) in [6.45, 7) is 10.0. The summed E-state index contributed by atoms with van der Waals surface area (Å²) in [7, 11) is 0. The molecule has 0 aliphatic carbocycles. The third kappa shape index (κ3) is 6.09. The first-order valence-electron chi connectivity index (χ1n) is 12.2. The molecule has 1 aliphatic rings. The smallest absolute Gasteiger partial charge is 0.253 e. The van der Waals surface area contributed by atoms with Crippen LogP contribution in [0.2, 0.25) is 5.02 Å². The zero-order chi connectivity index (χ0) is 24.8. The van der Waals surface area contributed by atoms with Crippen molar-refractivity contribution in [2.75, 3.05) is 37.7 Å². The molecule has 3 aromatic rings. The Labute approximate surface area is 213 Å². The Bertz CT molecular complexity index is 1160. The largest absolute Gasteiger partial charge is 0.493 e. The van der Waals surface area contributed by atoms with Crippen LogP contribution in [0.15, 0.2) is 66.7 Å². The van der Waals surface area contributed by atoms with E-state index in [0.29, 0.717) is 37.8 Å². The van der Waals surface area contributed by atoms with Crippen molar-refractivity contribution in [2.45, 2.75) is 33.3 Å². The van der Waals surface area contributed by atoms with E-state index < -0.39 is 0 Å². The van der Waals surface area contributed by atoms with Crippen molar-refractivity contribution in [2.24, 2.45) is 0 Å². The highest BCUT2D eigenvalue weighted by Gasteiger charge is 2.23. The number of hydrogen-bond donors (Lipinski definition) is 0. The molecule has 5 nitrogen and oxygen atoms in total. The lowest BCUT2D eigenvalue weighted by Crippen LogP contribution is -2.48. The number of para-hydroxylation sites is 1. The molecule has 6 heteroatoms. The summed E-state index contributed by atoms with van der Waals surface area (Å²) in [5.41, 5.74) is 3.77. The Morgan fingerprint density at radius 3 is 2.40 bits per heavy atom. The molecule has 0 bridgehead atoms. The summed E-state index contributed by atoms with van der Waals surface area (Å²) >= 11 is 6.15. The van der Waals surface area contributed by atoms with Crippen molar-refractivity contribution in [1.29, 1.82) is 0 Å². The van der Waals surface area contributed by atoms with Gasteiger partial charge in [0.2, 0.25) is 0 Å². The van der Waals surface area contributed by atoms with E-state index in [9.17, 15) is 4.79 Å². The maximum atomic E-state index is 13.3. The number of anilines is 1. The Hall–Kier alpha value is -3.18. The summed E-state index contributed by atoms with van der Waals surface area (Å²) in [4.78, 5) is 17.5. The monoisotopic (exact) mass is 492 g/mol. The predicted octanol–water partition coefficient (Wildman–Crippen LogP) is 6.40. The molecule has 0 unspecified atom stereocenters. The Kier molecular flexibility index (Phi) is 8.19. The number of amides is 1. The van der Waals surface area contributed by atoms with E-state index in [1.807, 2.05) is 66.4 Å². The first-order valence-corrected chi connectivity index (χ1v) is 12.6. The van der Waals surface area contributed by atoms with Gasteiger partial charge in [0.05, 0.1) is 6.61 Å². The Balaban J connectivity index is 1.46. The number of hydrogen-bond acceptors (Lipinski definition) is 4. The van der Waals surface area contributed by atoms with Gasteiger partial charge >= 0.3 is 0 Å². The molecule has 184 valence electrons. The third-order valence-corrected chi connectivity index (χ3v) is 6.51. The van der Waals surface area contributed by atoms with Crippen LogP contribution in [0.4, 0.5) is 5.69 Å². The van der Waals surface area contributed by atoms with Crippen molar-refractivity contribution in [3.05, 3.63) is 88.4 Å². The zero-order valence-electron chi connectivity index (χ0n) is 20.7. The first kappa shape index (κ1) is 24.9. The Morgan fingerprint density at radius 1 is 0.914 bits per heavy atom. The summed E-state index contributed by atoms with van der Waals surface area (Å²) in [6.07, 6.45) is 0. The summed E-state index contributed by atoms with van der Waals surface area (Å²) in [6, 6.07) is 21.6. The van der Waals surface area contributed by atoms with Crippen LogP contribution in [0.25, 0.3) is 0 Å². The van der Waals surface area contributed by atoms with Crippen molar-refractivity contribution < 1.29 is 14.3 Å². The molecule has 1 heterocycles. The van der Waals surface area contributed by atoms with Crippen LogP contribution >= 0.6 is 11.6 Å². The quantitative estimate of drug-likeness (QED) is 0.364. The van der Waals surface area contributed by atoms with Crippen molar-refractivity contribution in [1.82, 2.24) is 4.90 Å². The van der Waals surface area contributed by atoms with Crippen LogP contribution in [0, 0.1) is 0 Å². The lowest BCUT2D eigenvalue weighted by molar-refractivity contribution is 0.0746. The fraction of sp³-hybridized carbons (Fsp3) is 0.345. The predicted molar refractivity (Wildman–Crippen MR) is 142 cm³/mol. The maximum absolute atomic E-state index is 13.3. The van der Waals surface area contributed by atoms with Gasteiger partial charge in [-0.05, 0) is 60.9 Å². The van der Waals surface area contributed by atoms with Gasteiger partial charge in [0.1, 0.15) is 18.1 Å². The lowest BCUT2D eigenvalue weighted by Gasteiger charge is -2.36. The standard InChI is InChI=1S/C29H33ClN2O3/c1-4-34-27-13-12-22(18-23(27)20-35-28-11-6-5-10-26(28)21(2)3)29(33)32-16-14-31(15-17-32)25-9-7-8-24(30)19-25/h5-13,18-19,21H,4,14-17,20H2,1-3H3. The second-order valence-electron chi connectivity index (χ2n) is 9.00. The number of rotatable bonds is 8. The first-order chi connectivity index (χ1) is 17.0. The van der Waals surface area contributed by atoms with Gasteiger partial charge in [0.15, 0.2) is 0 Å². The number of ether oxygens (including phenoxy) is 2. The van der Waals surface area contributed by atoms with E-state index in [2.05, 4.69) is 30.9 Å². The van der Waals surface area contributed by atoms with Crippen LogP contribution in [-0.4, -0.2) is 43.6 Å². The molecule has 0 atom stereocenters. The van der Waals surface area contributed by atoms with Crippen LogP contribution in [0.5, 0.6) is 11.5 Å². The van der Waals surface area contributed by atoms with Crippen molar-refractivity contribution in [3.8, 4) is 11.5 Å². The Morgan fingerprint density at radius 2 is 1.69 bits per heavy atom. The number of benzene rings is 3. The second-order valence-corrected chi connectivity index (χ2v) is 9.43. The van der Waals surface area contributed by atoms with E-state index in [0.717, 1.165) is 46.4 Å². The zero-order valence-corrected chi connectivity index (χ0v) is 21.4. The number of carbonyl (C=O) groups excluding carboxylic acids is 1. The minimum atomic E-state index is 0.0302. The lowest BCUT2D eigenvalue weighted by atomic mass is 10.0. The summed E-state index contributed by atoms with van der Waals surface area (Å²) in [5, 5.41) is 0.723. The molecule has 1 aliphatic heterocycles. The molecule has 0 radical (unpaired) electrons. The molecule has 0 aromatic heterocycles. The highest BCUT2D eigenvalue weighted by molar-refractivity contribution is 6.30. The normalized spacial score (nSPS) is 13.7. The van der Waals surface area contributed by atoms with Gasteiger partial charge in [-0.1, -0.05) is 49.7 Å². The minimum Gasteiger partial charge on any atom is -0.493 e. The number of nitrogens with zero attached hydrogens (tertiary/aromatic N) is 2. The van der Waals surface area contributed by atoms with Gasteiger partial charge in [-0.3, -0.25) is 4.79 Å². The molecule has 4 rings (SSSR count). The number of carbonyl (C=O) groups is 1. The van der Waals surface area contributed by atoms with Gasteiger partial charge < -0.3 is 19.3 Å². The van der Waals surface area contributed by atoms with E-state index in [1.165, 1.54) is 0 Å². The van der Waals surface area contributed by atoms with Crippen LogP contribution in [0.3, 0.4) is 0 Å². The van der Waals surface area contributed by atoms with Crippen molar-refractivity contribution >= 4 is 23.2 Å². The van der Waals surface area contributed by atoms with Crippen LogP contribution < -0.4 is 14.4 Å². The van der Waals surface area contributed by atoms with Gasteiger partial charge in [0.25, 0.3) is 5.91 Å². The van der Waals surface area contributed by atoms with Crippen LogP contribution in [-0.2, 0) is 6.61 Å². The average Bonchev–Trinajstić information content (AvgIpc) is 2.88. The maximum Gasteiger partial charge on any atom is 0.253 e. The molecular weight excluding hydrogens is 460 g/mol. The molecule has 0 N–H and O–H groups in total. The highest BCUT2D eigenvalue weighted by atomic mass is 35.5. The molecule has 1 saturated heterocycles. The number of piperazine rings is 1. The molecule has 1 fully saturated rings. The molecular formula is C29H33ClN2O3. The molecule has 3 aromatic carbocycles. The molecule has 0 spiro atoms. The molecule has 1 amide bonds. The highest BCUT2D eigenvalue weighted by Crippen LogP contribution is 2.29. The van der Waals surface area contributed by atoms with E-state index >= 15 is 0 Å². The minimum absolute atomic E-state index is 0.0302. The van der Waals surface area contributed by atoms with Gasteiger partial charge in [-0.25, -0.2) is 0 Å². The van der Waals surface area contributed by atoms with Gasteiger partial charge in [-0.15, -0.1) is 0 Å². The van der Waals surface area contributed by atoms with Gasteiger partial charge in [0, 0.05) is 48.0 Å². The van der Waals surface area contributed by atoms with Gasteiger partial charge in [-0.2, -0.15) is 0 Å². The number of halogens is 1. The van der Waals surface area contributed by atoms with E-state index in [4.69, 9.17) is 21.1 Å². The van der Waals surface area contributed by atoms with Crippen LogP contribution in [0.1, 0.15) is 48.2 Å². The average molecular weight is 493 g/mol. The van der Waals surface area contributed by atoms with Crippen molar-refractivity contribution in [3.63, 3.8) is 0 Å². The summed E-state index contributed by atoms with van der Waals surface area (Å²) in [5.74, 6) is 1.99. The van der Waals surface area contributed by atoms with E-state index in [-0.39, 0.29) is 5.91 Å². The fourth-order valence-electron chi connectivity index (χ4n) is 4.39. The molecule has 0 saturated carbocycles. The van der Waals surface area contributed by atoms with E-state index in [1.54, 1.807) is 0 Å². The second kappa shape index (κ2) is 11.5. The fourth-order valence-corrected chi connectivity index (χ4v) is 4.57. The molecule has 35 heavy (non-hydrogen) atoms. The topological polar surface area (TPSA) is 42.0 Å².